The summed E-state index contributed by atoms with van der Waals surface area (Å²) in [7, 11) is -3.00. The molecule has 2 aliphatic rings. The molecule has 0 amide bonds. The lowest BCUT2D eigenvalue weighted by molar-refractivity contribution is 0.269. The van der Waals surface area contributed by atoms with Crippen LogP contribution < -0.4 is 10.6 Å². The van der Waals surface area contributed by atoms with Gasteiger partial charge in [0.15, 0.2) is 0 Å². The monoisotopic (exact) mass is 303 g/mol. The quantitative estimate of drug-likeness (QED) is 0.761. The van der Waals surface area contributed by atoms with Gasteiger partial charge in [-0.15, -0.1) is 0 Å². The summed E-state index contributed by atoms with van der Waals surface area (Å²) in [6.07, 6.45) is 5.19. The Bertz CT molecular complexity index is 372. The highest BCUT2D eigenvalue weighted by molar-refractivity contribution is 7.89. The molecule has 0 aromatic heterocycles. The Morgan fingerprint density at radius 1 is 1.25 bits per heavy atom. The fourth-order valence-electron chi connectivity index (χ4n) is 3.16. The lowest BCUT2D eigenvalue weighted by atomic mass is 9.98. The molecule has 2 saturated heterocycles. The van der Waals surface area contributed by atoms with Crippen molar-refractivity contribution in [3.63, 3.8) is 0 Å². The van der Waals surface area contributed by atoms with Crippen LogP contribution in [0.2, 0.25) is 0 Å². The molecular weight excluding hydrogens is 274 g/mol. The Morgan fingerprint density at radius 2 is 2.00 bits per heavy atom. The van der Waals surface area contributed by atoms with Gasteiger partial charge in [-0.25, -0.2) is 12.7 Å². The normalized spacial score (nSPS) is 26.8. The molecular formula is C14H29N3O2S. The molecule has 0 aliphatic carbocycles. The average Bonchev–Trinajstić information content (AvgIpc) is 2.47. The van der Waals surface area contributed by atoms with E-state index in [1.54, 1.807) is 4.31 Å². The van der Waals surface area contributed by atoms with Crippen molar-refractivity contribution in [2.45, 2.75) is 45.1 Å². The highest BCUT2D eigenvalue weighted by Crippen LogP contribution is 2.16. The van der Waals surface area contributed by atoms with Crippen LogP contribution in [0.1, 0.15) is 39.0 Å². The van der Waals surface area contributed by atoms with Crippen molar-refractivity contribution in [3.8, 4) is 0 Å². The molecule has 1 unspecified atom stereocenters. The van der Waals surface area contributed by atoms with Gasteiger partial charge >= 0.3 is 0 Å². The maximum absolute atomic E-state index is 12.0. The minimum atomic E-state index is -3.00. The first-order valence-electron chi connectivity index (χ1n) is 8.03. The van der Waals surface area contributed by atoms with Gasteiger partial charge in [0.25, 0.3) is 0 Å². The van der Waals surface area contributed by atoms with Crippen molar-refractivity contribution in [3.05, 3.63) is 0 Å². The molecule has 1 atom stereocenters. The first-order valence-corrected chi connectivity index (χ1v) is 9.64. The van der Waals surface area contributed by atoms with Crippen molar-refractivity contribution in [2.75, 3.05) is 38.5 Å². The van der Waals surface area contributed by atoms with E-state index < -0.39 is 10.0 Å². The topological polar surface area (TPSA) is 61.4 Å². The molecule has 0 bridgehead atoms. The summed E-state index contributed by atoms with van der Waals surface area (Å²) in [4.78, 5) is 0. The zero-order chi connectivity index (χ0) is 14.4. The van der Waals surface area contributed by atoms with Gasteiger partial charge in [0.05, 0.1) is 5.75 Å². The van der Waals surface area contributed by atoms with Crippen molar-refractivity contribution in [1.29, 1.82) is 0 Å². The maximum Gasteiger partial charge on any atom is 0.214 e. The van der Waals surface area contributed by atoms with E-state index in [0.717, 1.165) is 38.4 Å². The van der Waals surface area contributed by atoms with E-state index in [0.29, 0.717) is 31.3 Å². The minimum Gasteiger partial charge on any atom is -0.316 e. The van der Waals surface area contributed by atoms with Crippen LogP contribution in [0.25, 0.3) is 0 Å². The lowest BCUT2D eigenvalue weighted by Crippen LogP contribution is -2.47. The summed E-state index contributed by atoms with van der Waals surface area (Å²) in [6, 6.07) is 0.491. The third-order valence-electron chi connectivity index (χ3n) is 4.40. The van der Waals surface area contributed by atoms with E-state index in [9.17, 15) is 8.42 Å². The first kappa shape index (κ1) is 16.2. The molecule has 6 heteroatoms. The third-order valence-corrected chi connectivity index (χ3v) is 6.48. The summed E-state index contributed by atoms with van der Waals surface area (Å²) in [6.45, 7) is 6.64. The molecule has 2 fully saturated rings. The van der Waals surface area contributed by atoms with E-state index in [-0.39, 0.29) is 0 Å². The van der Waals surface area contributed by atoms with Gasteiger partial charge in [-0.1, -0.05) is 6.92 Å². The number of rotatable bonds is 6. The molecule has 0 radical (unpaired) electrons. The predicted octanol–water partition coefficient (Wildman–Crippen LogP) is 0.780. The fraction of sp³-hybridized carbons (Fsp3) is 1.00. The van der Waals surface area contributed by atoms with E-state index in [2.05, 4.69) is 10.6 Å². The van der Waals surface area contributed by atoms with Crippen LogP contribution in [-0.2, 0) is 10.0 Å². The van der Waals surface area contributed by atoms with E-state index in [1.165, 1.54) is 12.8 Å². The predicted molar refractivity (Wildman–Crippen MR) is 82.3 cm³/mol. The van der Waals surface area contributed by atoms with E-state index >= 15 is 0 Å². The van der Waals surface area contributed by atoms with Crippen molar-refractivity contribution in [1.82, 2.24) is 14.9 Å². The Morgan fingerprint density at radius 3 is 2.60 bits per heavy atom. The highest BCUT2D eigenvalue weighted by Gasteiger charge is 2.27. The van der Waals surface area contributed by atoms with Crippen LogP contribution in [-0.4, -0.2) is 57.2 Å². The van der Waals surface area contributed by atoms with Crippen LogP contribution in [0.5, 0.6) is 0 Å². The molecule has 2 aliphatic heterocycles. The SMILES string of the molecule is CCCS(=O)(=O)N1CCC(NCC2CCCNC2)CC1. The Labute approximate surface area is 123 Å². The first-order chi connectivity index (χ1) is 9.62. The Balaban J connectivity index is 1.68. The van der Waals surface area contributed by atoms with Crippen LogP contribution in [0.4, 0.5) is 0 Å². The van der Waals surface area contributed by atoms with Gasteiger partial charge in [-0.3, -0.25) is 0 Å². The third kappa shape index (κ3) is 4.69. The van der Waals surface area contributed by atoms with Crippen LogP contribution in [0, 0.1) is 5.92 Å². The molecule has 0 aromatic carbocycles. The molecule has 0 saturated carbocycles. The zero-order valence-electron chi connectivity index (χ0n) is 12.6. The number of nitrogens with one attached hydrogen (secondary N) is 2. The average molecular weight is 303 g/mol. The summed E-state index contributed by atoms with van der Waals surface area (Å²) in [5.74, 6) is 1.03. The molecule has 2 heterocycles. The molecule has 5 nitrogen and oxygen atoms in total. The second-order valence-electron chi connectivity index (χ2n) is 6.11. The molecule has 118 valence electrons. The van der Waals surface area contributed by atoms with Gasteiger partial charge in [-0.05, 0) is 57.7 Å². The lowest BCUT2D eigenvalue weighted by Gasteiger charge is -2.33. The van der Waals surface area contributed by atoms with Gasteiger partial charge in [0.2, 0.25) is 10.0 Å². The number of hydrogen-bond donors (Lipinski definition) is 2. The van der Waals surface area contributed by atoms with Crippen molar-refractivity contribution >= 4 is 10.0 Å². The summed E-state index contributed by atoms with van der Waals surface area (Å²) in [5.41, 5.74) is 0. The smallest absolute Gasteiger partial charge is 0.214 e. The van der Waals surface area contributed by atoms with Gasteiger partial charge < -0.3 is 10.6 Å². The van der Waals surface area contributed by atoms with Crippen molar-refractivity contribution in [2.24, 2.45) is 5.92 Å². The van der Waals surface area contributed by atoms with Gasteiger partial charge in [0, 0.05) is 19.1 Å². The summed E-state index contributed by atoms with van der Waals surface area (Å²) in [5, 5.41) is 7.07. The van der Waals surface area contributed by atoms with Crippen molar-refractivity contribution < 1.29 is 8.42 Å². The molecule has 20 heavy (non-hydrogen) atoms. The minimum absolute atomic E-state index is 0.291. The molecule has 2 N–H and O–H groups in total. The van der Waals surface area contributed by atoms with Gasteiger partial charge in [0.1, 0.15) is 0 Å². The fourth-order valence-corrected chi connectivity index (χ4v) is 4.70. The Hall–Kier alpha value is -0.170. The standard InChI is InChI=1S/C14H29N3O2S/c1-2-10-20(18,19)17-8-5-14(6-9-17)16-12-13-4-3-7-15-11-13/h13-16H,2-12H2,1H3. The summed E-state index contributed by atoms with van der Waals surface area (Å²) >= 11 is 0. The van der Waals surface area contributed by atoms with E-state index in [1.807, 2.05) is 6.92 Å². The van der Waals surface area contributed by atoms with E-state index in [4.69, 9.17) is 0 Å². The van der Waals surface area contributed by atoms with Gasteiger partial charge in [-0.2, -0.15) is 0 Å². The number of hydrogen-bond acceptors (Lipinski definition) is 4. The Kier molecular flexibility index (Phi) is 6.26. The largest absolute Gasteiger partial charge is 0.316 e. The molecule has 0 aromatic rings. The molecule has 0 spiro atoms. The maximum atomic E-state index is 12.0. The van der Waals surface area contributed by atoms with Crippen LogP contribution >= 0.6 is 0 Å². The van der Waals surface area contributed by atoms with Crippen LogP contribution in [0.15, 0.2) is 0 Å². The second-order valence-corrected chi connectivity index (χ2v) is 8.20. The second kappa shape index (κ2) is 7.73. The highest BCUT2D eigenvalue weighted by atomic mass is 32.2. The number of sulfonamides is 1. The number of piperidine rings is 2. The van der Waals surface area contributed by atoms with Crippen LogP contribution in [0.3, 0.4) is 0 Å². The zero-order valence-corrected chi connectivity index (χ0v) is 13.4. The number of nitrogens with zero attached hydrogens (tertiary/aromatic N) is 1. The summed E-state index contributed by atoms with van der Waals surface area (Å²) < 4.78 is 25.7. The molecule has 2 rings (SSSR count).